The Kier molecular flexibility index (Phi) is 5.91. The van der Waals surface area contributed by atoms with Gasteiger partial charge in [0.2, 0.25) is 10.0 Å². The molecule has 0 saturated heterocycles. The van der Waals surface area contributed by atoms with Gasteiger partial charge in [0.25, 0.3) is 0 Å². The molecule has 0 aliphatic rings. The highest BCUT2D eigenvalue weighted by atomic mass is 32.2. The van der Waals surface area contributed by atoms with Gasteiger partial charge in [-0.05, 0) is 31.0 Å². The Morgan fingerprint density at radius 3 is 2.45 bits per heavy atom. The first-order valence-electron chi connectivity index (χ1n) is 6.56. The molecule has 0 aromatic heterocycles. The van der Waals surface area contributed by atoms with Crippen molar-refractivity contribution < 1.29 is 17.9 Å². The van der Waals surface area contributed by atoms with E-state index < -0.39 is 15.8 Å². The number of hydrogen-bond acceptors (Lipinski definition) is 4. The molecule has 0 bridgehead atoms. The summed E-state index contributed by atoms with van der Waals surface area (Å²) >= 11 is 0. The number of nitrogens with zero attached hydrogens (tertiary/aromatic N) is 1. The lowest BCUT2D eigenvalue weighted by atomic mass is 10.2. The van der Waals surface area contributed by atoms with E-state index in [4.69, 9.17) is 10.8 Å². The van der Waals surface area contributed by atoms with Crippen molar-refractivity contribution in [3.05, 3.63) is 24.0 Å². The second-order valence-electron chi connectivity index (χ2n) is 4.49. The van der Waals surface area contributed by atoms with E-state index in [1.54, 1.807) is 0 Å². The summed E-state index contributed by atoms with van der Waals surface area (Å²) in [6.45, 7) is 3.39. The number of anilines is 1. The summed E-state index contributed by atoms with van der Waals surface area (Å²) < 4.78 is 39.7. The minimum atomic E-state index is -3.93. The maximum atomic E-state index is 13.3. The third kappa shape index (κ3) is 3.47. The fraction of sp³-hybridized carbons (Fsp3) is 0.538. The van der Waals surface area contributed by atoms with E-state index in [0.29, 0.717) is 12.8 Å². The minimum absolute atomic E-state index is 0.000274. The van der Waals surface area contributed by atoms with Gasteiger partial charge in [0.05, 0.1) is 12.3 Å². The van der Waals surface area contributed by atoms with Crippen molar-refractivity contribution in [3.63, 3.8) is 0 Å². The van der Waals surface area contributed by atoms with Gasteiger partial charge in [0, 0.05) is 12.6 Å². The fourth-order valence-corrected chi connectivity index (χ4v) is 4.04. The Morgan fingerprint density at radius 1 is 1.35 bits per heavy atom. The van der Waals surface area contributed by atoms with Gasteiger partial charge >= 0.3 is 0 Å². The molecule has 0 aliphatic carbocycles. The van der Waals surface area contributed by atoms with Gasteiger partial charge in [-0.25, -0.2) is 12.8 Å². The van der Waals surface area contributed by atoms with E-state index in [9.17, 15) is 12.8 Å². The predicted octanol–water partition coefficient (Wildman–Crippen LogP) is 1.58. The molecule has 0 atom stereocenters. The van der Waals surface area contributed by atoms with E-state index in [2.05, 4.69) is 0 Å². The first-order valence-corrected chi connectivity index (χ1v) is 8.00. The number of nitrogen functional groups attached to an aromatic ring is 1. The van der Waals surface area contributed by atoms with Crippen LogP contribution < -0.4 is 5.73 Å². The van der Waals surface area contributed by atoms with E-state index in [1.807, 2.05) is 13.8 Å². The van der Waals surface area contributed by atoms with Crippen LogP contribution in [0.5, 0.6) is 0 Å². The smallest absolute Gasteiger partial charge is 0.245 e. The maximum absolute atomic E-state index is 13.3. The molecule has 0 unspecified atom stereocenters. The average Bonchev–Trinajstić information content (AvgIpc) is 2.41. The molecule has 0 spiro atoms. The van der Waals surface area contributed by atoms with Gasteiger partial charge in [0.1, 0.15) is 10.7 Å². The highest BCUT2D eigenvalue weighted by Crippen LogP contribution is 2.26. The second-order valence-corrected chi connectivity index (χ2v) is 6.35. The largest absolute Gasteiger partial charge is 0.398 e. The van der Waals surface area contributed by atoms with Crippen molar-refractivity contribution in [3.8, 4) is 0 Å². The van der Waals surface area contributed by atoms with Crippen molar-refractivity contribution in [2.45, 2.75) is 37.6 Å². The molecule has 1 aromatic carbocycles. The molecule has 0 heterocycles. The zero-order valence-corrected chi connectivity index (χ0v) is 12.5. The number of benzene rings is 1. The Morgan fingerprint density at radius 2 is 1.95 bits per heavy atom. The van der Waals surface area contributed by atoms with Crippen molar-refractivity contribution >= 4 is 15.7 Å². The van der Waals surface area contributed by atoms with Crippen LogP contribution in [0, 0.1) is 5.82 Å². The zero-order valence-electron chi connectivity index (χ0n) is 11.7. The molecule has 1 rings (SSSR count). The average molecular weight is 304 g/mol. The summed E-state index contributed by atoms with van der Waals surface area (Å²) in [6.07, 6.45) is 1.20. The lowest BCUT2D eigenvalue weighted by Crippen LogP contribution is -2.41. The summed E-state index contributed by atoms with van der Waals surface area (Å²) in [6, 6.07) is 3.00. The molecule has 0 radical (unpaired) electrons. The summed E-state index contributed by atoms with van der Waals surface area (Å²) in [7, 11) is -3.93. The lowest BCUT2D eigenvalue weighted by molar-refractivity contribution is 0.219. The van der Waals surface area contributed by atoms with Crippen molar-refractivity contribution in [1.82, 2.24) is 4.31 Å². The quantitative estimate of drug-likeness (QED) is 0.749. The second kappa shape index (κ2) is 7.01. The normalized spacial score (nSPS) is 12.3. The van der Waals surface area contributed by atoms with Gasteiger partial charge < -0.3 is 10.8 Å². The molecular weight excluding hydrogens is 283 g/mol. The molecule has 3 N–H and O–H groups in total. The third-order valence-corrected chi connectivity index (χ3v) is 5.24. The summed E-state index contributed by atoms with van der Waals surface area (Å²) in [5.41, 5.74) is 5.66. The minimum Gasteiger partial charge on any atom is -0.398 e. The van der Waals surface area contributed by atoms with Gasteiger partial charge in [-0.15, -0.1) is 0 Å². The summed E-state index contributed by atoms with van der Waals surface area (Å²) in [5.74, 6) is -0.661. The Labute approximate surface area is 119 Å². The Hall–Kier alpha value is -1.18. The van der Waals surface area contributed by atoms with Gasteiger partial charge in [-0.3, -0.25) is 0 Å². The highest BCUT2D eigenvalue weighted by molar-refractivity contribution is 7.89. The standard InChI is InChI=1S/C13H21FN2O3S/c1-3-11(4-2)16(7-8-17)20(18,19)13-9-10(14)5-6-12(13)15/h5-6,9,11,17H,3-4,7-8,15H2,1-2H3. The van der Waals surface area contributed by atoms with Crippen LogP contribution in [0.4, 0.5) is 10.1 Å². The van der Waals surface area contributed by atoms with E-state index >= 15 is 0 Å². The number of rotatable bonds is 7. The van der Waals surface area contributed by atoms with E-state index in [-0.39, 0.29) is 29.8 Å². The molecule has 0 saturated carbocycles. The summed E-state index contributed by atoms with van der Waals surface area (Å²) in [4.78, 5) is -0.252. The van der Waals surface area contributed by atoms with Crippen LogP contribution in [0.15, 0.2) is 23.1 Å². The topological polar surface area (TPSA) is 83.6 Å². The molecule has 5 nitrogen and oxygen atoms in total. The summed E-state index contributed by atoms with van der Waals surface area (Å²) in [5, 5.41) is 9.10. The predicted molar refractivity (Wildman–Crippen MR) is 76.2 cm³/mol. The first-order chi connectivity index (χ1) is 9.38. The SMILES string of the molecule is CCC(CC)N(CCO)S(=O)(=O)c1cc(F)ccc1N. The van der Waals surface area contributed by atoms with E-state index in [1.165, 1.54) is 10.4 Å². The van der Waals surface area contributed by atoms with Crippen molar-refractivity contribution in [2.24, 2.45) is 0 Å². The highest BCUT2D eigenvalue weighted by Gasteiger charge is 2.31. The third-order valence-electron chi connectivity index (χ3n) is 3.23. The van der Waals surface area contributed by atoms with E-state index in [0.717, 1.165) is 12.1 Å². The van der Waals surface area contributed by atoms with Crippen LogP contribution >= 0.6 is 0 Å². The Balaban J connectivity index is 3.32. The molecular formula is C13H21FN2O3S. The van der Waals surface area contributed by atoms with Gasteiger partial charge in [0.15, 0.2) is 0 Å². The van der Waals surface area contributed by atoms with Gasteiger partial charge in [-0.2, -0.15) is 4.31 Å². The molecule has 20 heavy (non-hydrogen) atoms. The molecule has 0 amide bonds. The lowest BCUT2D eigenvalue weighted by Gasteiger charge is -2.29. The van der Waals surface area contributed by atoms with Gasteiger partial charge in [-0.1, -0.05) is 13.8 Å². The number of aliphatic hydroxyl groups excluding tert-OH is 1. The number of sulfonamides is 1. The van der Waals surface area contributed by atoms with Crippen LogP contribution in [0.3, 0.4) is 0 Å². The molecule has 0 fully saturated rings. The fourth-order valence-electron chi connectivity index (χ4n) is 2.15. The molecule has 7 heteroatoms. The molecule has 0 aliphatic heterocycles. The molecule has 1 aromatic rings. The van der Waals surface area contributed by atoms with Crippen molar-refractivity contribution in [2.75, 3.05) is 18.9 Å². The maximum Gasteiger partial charge on any atom is 0.245 e. The first kappa shape index (κ1) is 16.9. The monoisotopic (exact) mass is 304 g/mol. The number of halogens is 1. The number of hydrogen-bond donors (Lipinski definition) is 2. The van der Waals surface area contributed by atoms with Crippen LogP contribution in [-0.4, -0.2) is 37.0 Å². The van der Waals surface area contributed by atoms with Crippen molar-refractivity contribution in [1.29, 1.82) is 0 Å². The van der Waals surface area contributed by atoms with Crippen LogP contribution in [-0.2, 0) is 10.0 Å². The zero-order chi connectivity index (χ0) is 15.3. The Bertz CT molecular complexity index is 545. The van der Waals surface area contributed by atoms with Crippen LogP contribution in [0.1, 0.15) is 26.7 Å². The number of nitrogens with two attached hydrogens (primary N) is 1. The van der Waals surface area contributed by atoms with Crippen LogP contribution in [0.2, 0.25) is 0 Å². The van der Waals surface area contributed by atoms with Crippen LogP contribution in [0.25, 0.3) is 0 Å². The molecule has 114 valence electrons. The number of aliphatic hydroxyl groups is 1.